The van der Waals surface area contributed by atoms with E-state index in [1.807, 2.05) is 0 Å². The third-order valence-electron chi connectivity index (χ3n) is 1.93. The lowest BCUT2D eigenvalue weighted by Gasteiger charge is -2.24. The van der Waals surface area contributed by atoms with Crippen molar-refractivity contribution < 1.29 is 14.7 Å². The molecule has 0 aliphatic heterocycles. The van der Waals surface area contributed by atoms with E-state index in [0.29, 0.717) is 6.42 Å². The van der Waals surface area contributed by atoms with Gasteiger partial charge in [0.25, 0.3) is 0 Å². The van der Waals surface area contributed by atoms with Gasteiger partial charge in [-0.25, -0.2) is 4.79 Å². The maximum absolute atomic E-state index is 11.1. The number of carbonyl (C=O) groups is 2. The van der Waals surface area contributed by atoms with Crippen molar-refractivity contribution in [2.24, 2.45) is 0 Å². The van der Waals surface area contributed by atoms with Crippen LogP contribution < -0.4 is 10.6 Å². The number of hydrogen-bond donors (Lipinski definition) is 3. The van der Waals surface area contributed by atoms with Crippen molar-refractivity contribution >= 4 is 11.9 Å². The summed E-state index contributed by atoms with van der Waals surface area (Å²) >= 11 is 0. The molecule has 5 nitrogen and oxygen atoms in total. The van der Waals surface area contributed by atoms with Crippen LogP contribution in [0.4, 0.5) is 0 Å². The molecule has 0 aromatic heterocycles. The van der Waals surface area contributed by atoms with Gasteiger partial charge in [0, 0.05) is 0 Å². The first-order valence-electron chi connectivity index (χ1n) is 4.15. The maximum Gasteiger partial charge on any atom is 0.329 e. The number of carbonyl (C=O) groups excluding carboxylic acids is 1. The Morgan fingerprint density at radius 3 is 2.31 bits per heavy atom. The zero-order valence-electron chi connectivity index (χ0n) is 8.18. The molecule has 76 valence electrons. The molecule has 5 heteroatoms. The molecule has 0 fully saturated rings. The summed E-state index contributed by atoms with van der Waals surface area (Å²) in [4.78, 5) is 21.8. The fraction of sp³-hybridized carbons (Fsp3) is 0.750. The highest BCUT2D eigenvalue weighted by atomic mass is 16.4. The Balaban J connectivity index is 4.27. The van der Waals surface area contributed by atoms with E-state index in [1.165, 1.54) is 6.92 Å². The van der Waals surface area contributed by atoms with Crippen LogP contribution in [-0.4, -0.2) is 36.1 Å². The first-order valence-corrected chi connectivity index (χ1v) is 4.15. The Labute approximate surface area is 77.5 Å². The molecule has 3 N–H and O–H groups in total. The Hall–Kier alpha value is -1.10. The maximum atomic E-state index is 11.1. The molecule has 0 rings (SSSR count). The van der Waals surface area contributed by atoms with E-state index in [-0.39, 0.29) is 12.5 Å². The average molecular weight is 188 g/mol. The predicted octanol–water partition coefficient (Wildman–Crippen LogP) is -0.425. The van der Waals surface area contributed by atoms with Gasteiger partial charge in [0.05, 0.1) is 6.54 Å². The third-order valence-corrected chi connectivity index (χ3v) is 1.93. The molecule has 1 unspecified atom stereocenters. The molecular weight excluding hydrogens is 172 g/mol. The van der Waals surface area contributed by atoms with Crippen LogP contribution in [0.25, 0.3) is 0 Å². The molecule has 13 heavy (non-hydrogen) atoms. The lowest BCUT2D eigenvalue weighted by atomic mass is 9.99. The molecule has 1 atom stereocenters. The van der Waals surface area contributed by atoms with Gasteiger partial charge < -0.3 is 15.7 Å². The molecular formula is C8H16N2O3. The van der Waals surface area contributed by atoms with Crippen LogP contribution in [0.15, 0.2) is 0 Å². The van der Waals surface area contributed by atoms with Crippen molar-refractivity contribution in [1.82, 2.24) is 10.6 Å². The van der Waals surface area contributed by atoms with E-state index >= 15 is 0 Å². The van der Waals surface area contributed by atoms with Gasteiger partial charge in [0.15, 0.2) is 0 Å². The molecule has 0 radical (unpaired) electrons. The standard InChI is InChI=1S/C8H16N2O3/c1-4-8(2,7(12)13)10-6(11)5-9-3/h9H,4-5H2,1-3H3,(H,10,11)(H,12,13). The number of nitrogens with one attached hydrogen (secondary N) is 2. The van der Waals surface area contributed by atoms with Gasteiger partial charge in [-0.05, 0) is 20.4 Å². The van der Waals surface area contributed by atoms with Crippen molar-refractivity contribution in [3.05, 3.63) is 0 Å². The van der Waals surface area contributed by atoms with Crippen LogP contribution in [0.2, 0.25) is 0 Å². The van der Waals surface area contributed by atoms with Crippen molar-refractivity contribution in [2.75, 3.05) is 13.6 Å². The molecule has 0 spiro atoms. The number of aliphatic carboxylic acids is 1. The van der Waals surface area contributed by atoms with Gasteiger partial charge in [0.2, 0.25) is 5.91 Å². The second-order valence-electron chi connectivity index (χ2n) is 3.07. The Kier molecular flexibility index (Phi) is 4.40. The Morgan fingerprint density at radius 1 is 1.46 bits per heavy atom. The smallest absolute Gasteiger partial charge is 0.329 e. The number of carboxylic acids is 1. The van der Waals surface area contributed by atoms with Gasteiger partial charge in [-0.3, -0.25) is 4.79 Å². The Morgan fingerprint density at radius 2 is 2.00 bits per heavy atom. The van der Waals surface area contributed by atoms with Crippen LogP contribution in [0.3, 0.4) is 0 Å². The quantitative estimate of drug-likeness (QED) is 0.547. The second-order valence-corrected chi connectivity index (χ2v) is 3.07. The summed E-state index contributed by atoms with van der Waals surface area (Å²) in [5.41, 5.74) is -1.16. The molecule has 0 aliphatic carbocycles. The van der Waals surface area contributed by atoms with Crippen LogP contribution in [0, 0.1) is 0 Å². The number of hydrogen-bond acceptors (Lipinski definition) is 3. The van der Waals surface area contributed by atoms with Gasteiger partial charge in [-0.1, -0.05) is 6.92 Å². The van der Waals surface area contributed by atoms with E-state index in [9.17, 15) is 9.59 Å². The molecule has 0 heterocycles. The van der Waals surface area contributed by atoms with E-state index in [1.54, 1.807) is 14.0 Å². The van der Waals surface area contributed by atoms with Gasteiger partial charge >= 0.3 is 5.97 Å². The molecule has 0 saturated heterocycles. The number of likely N-dealkylation sites (N-methyl/N-ethyl adjacent to an activating group) is 1. The van der Waals surface area contributed by atoms with Gasteiger partial charge in [0.1, 0.15) is 5.54 Å². The molecule has 0 aromatic rings. The summed E-state index contributed by atoms with van der Waals surface area (Å²) in [6.45, 7) is 3.33. The number of carboxylic acid groups (broad SMARTS) is 1. The zero-order chi connectivity index (χ0) is 10.5. The van der Waals surface area contributed by atoms with E-state index < -0.39 is 11.5 Å². The van der Waals surface area contributed by atoms with Crippen molar-refractivity contribution in [1.29, 1.82) is 0 Å². The minimum absolute atomic E-state index is 0.128. The largest absolute Gasteiger partial charge is 0.480 e. The van der Waals surface area contributed by atoms with Crippen LogP contribution in [0.5, 0.6) is 0 Å². The molecule has 0 saturated carbocycles. The van der Waals surface area contributed by atoms with Crippen LogP contribution in [0.1, 0.15) is 20.3 Å². The van der Waals surface area contributed by atoms with Crippen molar-refractivity contribution in [3.63, 3.8) is 0 Å². The summed E-state index contributed by atoms with van der Waals surface area (Å²) in [6, 6.07) is 0. The molecule has 1 amide bonds. The zero-order valence-corrected chi connectivity index (χ0v) is 8.18. The SMILES string of the molecule is CCC(C)(NC(=O)CNC)C(=O)O. The monoisotopic (exact) mass is 188 g/mol. The summed E-state index contributed by atoms with van der Waals surface area (Å²) in [6.07, 6.45) is 0.359. The molecule has 0 aliphatic rings. The second kappa shape index (κ2) is 4.81. The fourth-order valence-corrected chi connectivity index (χ4v) is 0.806. The molecule has 0 bridgehead atoms. The van der Waals surface area contributed by atoms with Crippen molar-refractivity contribution in [3.8, 4) is 0 Å². The average Bonchev–Trinajstić information content (AvgIpc) is 2.04. The van der Waals surface area contributed by atoms with Gasteiger partial charge in [-0.15, -0.1) is 0 Å². The highest BCUT2D eigenvalue weighted by molar-refractivity contribution is 5.87. The lowest BCUT2D eigenvalue weighted by molar-refractivity contribution is -0.146. The summed E-state index contributed by atoms with van der Waals surface area (Å²) in [5, 5.41) is 13.9. The first kappa shape index (κ1) is 11.9. The van der Waals surface area contributed by atoms with E-state index in [2.05, 4.69) is 10.6 Å². The highest BCUT2D eigenvalue weighted by Gasteiger charge is 2.32. The normalized spacial score (nSPS) is 14.7. The van der Waals surface area contributed by atoms with Crippen LogP contribution >= 0.6 is 0 Å². The summed E-state index contributed by atoms with van der Waals surface area (Å²) < 4.78 is 0. The molecule has 0 aromatic carbocycles. The lowest BCUT2D eigenvalue weighted by Crippen LogP contribution is -2.53. The van der Waals surface area contributed by atoms with Crippen LogP contribution in [-0.2, 0) is 9.59 Å². The topological polar surface area (TPSA) is 78.4 Å². The Bertz CT molecular complexity index is 206. The number of rotatable bonds is 5. The highest BCUT2D eigenvalue weighted by Crippen LogP contribution is 2.08. The summed E-state index contributed by atoms with van der Waals surface area (Å²) in [7, 11) is 1.63. The first-order chi connectivity index (χ1) is 5.96. The van der Waals surface area contributed by atoms with Crippen molar-refractivity contribution in [2.45, 2.75) is 25.8 Å². The number of amides is 1. The van der Waals surface area contributed by atoms with E-state index in [0.717, 1.165) is 0 Å². The minimum atomic E-state index is -1.16. The van der Waals surface area contributed by atoms with Gasteiger partial charge in [-0.2, -0.15) is 0 Å². The third kappa shape index (κ3) is 3.42. The minimum Gasteiger partial charge on any atom is -0.480 e. The summed E-state index contributed by atoms with van der Waals surface area (Å²) in [5.74, 6) is -1.33. The predicted molar refractivity (Wildman–Crippen MR) is 48.4 cm³/mol. The van der Waals surface area contributed by atoms with E-state index in [4.69, 9.17) is 5.11 Å². The fourth-order valence-electron chi connectivity index (χ4n) is 0.806.